The molecule has 0 saturated carbocycles. The molecule has 0 fully saturated rings. The molecule has 1 atom stereocenters. The van der Waals surface area contributed by atoms with E-state index >= 15 is 0 Å². The summed E-state index contributed by atoms with van der Waals surface area (Å²) in [5, 5.41) is 21.7. The molecule has 0 radical (unpaired) electrons. The molecule has 0 aliphatic heterocycles. The Kier molecular flexibility index (Phi) is 7.28. The highest BCUT2D eigenvalue weighted by Crippen LogP contribution is 2.41. The van der Waals surface area contributed by atoms with Crippen molar-refractivity contribution in [2.75, 3.05) is 12.4 Å². The molecule has 0 heterocycles. The summed E-state index contributed by atoms with van der Waals surface area (Å²) in [7, 11) is 1.42. The molecule has 2 rings (SSSR count). The number of carbonyl (C=O) groups is 2. The Bertz CT molecular complexity index is 908. The molecule has 0 spiro atoms. The van der Waals surface area contributed by atoms with Gasteiger partial charge in [0.1, 0.15) is 6.10 Å². The van der Waals surface area contributed by atoms with Crippen LogP contribution in [0.4, 0.5) is 10.5 Å². The summed E-state index contributed by atoms with van der Waals surface area (Å²) in [6.07, 6.45) is 0.829. The summed E-state index contributed by atoms with van der Waals surface area (Å²) in [6.45, 7) is 3.45. The molecule has 7 nitrogen and oxygen atoms in total. The first-order valence-electron chi connectivity index (χ1n) is 8.64. The van der Waals surface area contributed by atoms with E-state index < -0.39 is 23.6 Å². The number of halogens is 1. The van der Waals surface area contributed by atoms with Crippen LogP contribution in [0.2, 0.25) is 0 Å². The van der Waals surface area contributed by atoms with E-state index in [1.54, 1.807) is 50.2 Å². The zero-order valence-corrected chi connectivity index (χ0v) is 17.8. The molecular formula is C21H22BrNO6. The van der Waals surface area contributed by atoms with Gasteiger partial charge >= 0.3 is 12.1 Å². The highest BCUT2D eigenvalue weighted by atomic mass is 79.9. The van der Waals surface area contributed by atoms with Crippen LogP contribution in [0.3, 0.4) is 0 Å². The molecule has 0 bridgehead atoms. The molecule has 154 valence electrons. The molecule has 0 saturated heterocycles. The van der Waals surface area contributed by atoms with Gasteiger partial charge in [-0.05, 0) is 42.0 Å². The van der Waals surface area contributed by atoms with Crippen molar-refractivity contribution >= 4 is 33.7 Å². The number of nitrogens with one attached hydrogen (secondary N) is 1. The van der Waals surface area contributed by atoms with Crippen LogP contribution in [0.25, 0.3) is 0 Å². The van der Waals surface area contributed by atoms with Gasteiger partial charge in [-0.3, -0.25) is 5.32 Å². The van der Waals surface area contributed by atoms with Crippen LogP contribution >= 0.6 is 15.9 Å². The van der Waals surface area contributed by atoms with Gasteiger partial charge in [0, 0.05) is 21.7 Å². The summed E-state index contributed by atoms with van der Waals surface area (Å²) in [5.74, 6) is -0.968. The number of carbonyl (C=O) groups excluding carboxylic acids is 1. The lowest BCUT2D eigenvalue weighted by Gasteiger charge is -2.31. The Hall–Kier alpha value is -3.00. The van der Waals surface area contributed by atoms with Crippen LogP contribution in [0.1, 0.15) is 25.5 Å². The van der Waals surface area contributed by atoms with Gasteiger partial charge in [-0.25, -0.2) is 9.59 Å². The van der Waals surface area contributed by atoms with Crippen LogP contribution in [-0.4, -0.2) is 29.4 Å². The minimum absolute atomic E-state index is 0.120. The monoisotopic (exact) mass is 463 g/mol. The first-order chi connectivity index (χ1) is 13.6. The van der Waals surface area contributed by atoms with E-state index in [0.29, 0.717) is 11.3 Å². The summed E-state index contributed by atoms with van der Waals surface area (Å²) >= 11 is 3.32. The standard InChI is InChI=1S/C21H22BrNO6/c1-21(2,11-10-18(25)26)19(13-4-9-17(28-3)16(24)12-13)29-20(27)23-15-7-5-14(22)6-8-15/h4-12,19,24H,1-3H3,(H,23,27)(H,25,26)/b11-10+/t19-/m0/s1. The van der Waals surface area contributed by atoms with E-state index in [9.17, 15) is 14.7 Å². The lowest BCUT2D eigenvalue weighted by molar-refractivity contribution is -0.131. The Morgan fingerprint density at radius 2 is 1.83 bits per heavy atom. The van der Waals surface area contributed by atoms with Gasteiger partial charge in [0.15, 0.2) is 11.5 Å². The van der Waals surface area contributed by atoms with Crippen molar-refractivity contribution in [3.8, 4) is 11.5 Å². The summed E-state index contributed by atoms with van der Waals surface area (Å²) in [4.78, 5) is 23.5. The van der Waals surface area contributed by atoms with Crippen LogP contribution < -0.4 is 10.1 Å². The summed E-state index contributed by atoms with van der Waals surface area (Å²) in [5.41, 5.74) is 0.124. The number of hydrogen-bond acceptors (Lipinski definition) is 5. The van der Waals surface area contributed by atoms with Gasteiger partial charge in [0.25, 0.3) is 0 Å². The number of hydrogen-bond donors (Lipinski definition) is 3. The SMILES string of the molecule is COc1ccc([C@H](OC(=O)Nc2ccc(Br)cc2)C(C)(C)/C=C/C(=O)O)cc1O. The van der Waals surface area contributed by atoms with E-state index in [1.165, 1.54) is 19.3 Å². The summed E-state index contributed by atoms with van der Waals surface area (Å²) in [6, 6.07) is 11.6. The predicted molar refractivity (Wildman–Crippen MR) is 112 cm³/mol. The first-order valence-corrected chi connectivity index (χ1v) is 9.44. The minimum Gasteiger partial charge on any atom is -0.504 e. The molecule has 29 heavy (non-hydrogen) atoms. The van der Waals surface area contributed by atoms with Crippen molar-refractivity contribution in [1.82, 2.24) is 0 Å². The van der Waals surface area contributed by atoms with Gasteiger partial charge in [-0.1, -0.05) is 41.9 Å². The van der Waals surface area contributed by atoms with E-state index in [1.807, 2.05) is 0 Å². The van der Waals surface area contributed by atoms with Crippen molar-refractivity contribution in [3.05, 3.63) is 64.7 Å². The fraction of sp³-hybridized carbons (Fsp3) is 0.238. The number of aromatic hydroxyl groups is 1. The third-order valence-electron chi connectivity index (χ3n) is 4.15. The smallest absolute Gasteiger partial charge is 0.412 e. The number of aliphatic carboxylic acids is 1. The quantitative estimate of drug-likeness (QED) is 0.492. The van der Waals surface area contributed by atoms with Crippen LogP contribution in [0.5, 0.6) is 11.5 Å². The van der Waals surface area contributed by atoms with Gasteiger partial charge in [0.05, 0.1) is 7.11 Å². The number of anilines is 1. The molecule has 2 aromatic rings. The predicted octanol–water partition coefficient (Wildman–Crippen LogP) is 5.12. The third-order valence-corrected chi connectivity index (χ3v) is 4.68. The van der Waals surface area contributed by atoms with Crippen LogP contribution in [0.15, 0.2) is 59.1 Å². The Morgan fingerprint density at radius 1 is 1.17 bits per heavy atom. The Labute approximate surface area is 177 Å². The molecule has 0 unspecified atom stereocenters. The Morgan fingerprint density at radius 3 is 2.38 bits per heavy atom. The molecular weight excluding hydrogens is 442 g/mol. The lowest BCUT2D eigenvalue weighted by Crippen LogP contribution is -2.27. The molecule has 0 aliphatic carbocycles. The van der Waals surface area contributed by atoms with Crippen molar-refractivity contribution in [1.29, 1.82) is 0 Å². The number of methoxy groups -OCH3 is 1. The van der Waals surface area contributed by atoms with E-state index in [-0.39, 0.29) is 11.5 Å². The normalized spacial score (nSPS) is 12.4. The molecule has 0 aliphatic rings. The highest BCUT2D eigenvalue weighted by molar-refractivity contribution is 9.10. The van der Waals surface area contributed by atoms with Gasteiger partial charge in [-0.15, -0.1) is 0 Å². The maximum absolute atomic E-state index is 12.5. The van der Waals surface area contributed by atoms with E-state index in [0.717, 1.165) is 10.5 Å². The second-order valence-corrected chi connectivity index (χ2v) is 7.76. The number of carboxylic acid groups (broad SMARTS) is 1. The van der Waals surface area contributed by atoms with E-state index in [2.05, 4.69) is 21.2 Å². The zero-order valence-electron chi connectivity index (χ0n) is 16.2. The maximum atomic E-state index is 12.5. The number of ether oxygens (including phenoxy) is 2. The number of benzene rings is 2. The van der Waals surface area contributed by atoms with Crippen molar-refractivity contribution in [2.45, 2.75) is 20.0 Å². The maximum Gasteiger partial charge on any atom is 0.412 e. The largest absolute Gasteiger partial charge is 0.504 e. The number of carboxylic acids is 1. The average Bonchev–Trinajstić information content (AvgIpc) is 2.66. The van der Waals surface area contributed by atoms with Crippen LogP contribution in [0, 0.1) is 5.41 Å². The first kappa shape index (κ1) is 22.3. The number of phenols is 1. The van der Waals surface area contributed by atoms with Gasteiger partial charge < -0.3 is 19.7 Å². The molecule has 0 aromatic heterocycles. The fourth-order valence-electron chi connectivity index (χ4n) is 2.68. The van der Waals surface area contributed by atoms with Crippen LogP contribution in [-0.2, 0) is 9.53 Å². The second-order valence-electron chi connectivity index (χ2n) is 6.84. The van der Waals surface area contributed by atoms with E-state index in [4.69, 9.17) is 14.6 Å². The fourth-order valence-corrected chi connectivity index (χ4v) is 2.94. The number of phenolic OH excluding ortho intramolecular Hbond substituents is 1. The van der Waals surface area contributed by atoms with Crippen molar-refractivity contribution in [3.63, 3.8) is 0 Å². The molecule has 1 amide bonds. The average molecular weight is 464 g/mol. The number of amides is 1. The highest BCUT2D eigenvalue weighted by Gasteiger charge is 2.33. The van der Waals surface area contributed by atoms with Crippen molar-refractivity contribution < 1.29 is 29.3 Å². The topological polar surface area (TPSA) is 105 Å². The third kappa shape index (κ3) is 6.25. The van der Waals surface area contributed by atoms with Gasteiger partial charge in [-0.2, -0.15) is 0 Å². The summed E-state index contributed by atoms with van der Waals surface area (Å²) < 4.78 is 11.6. The molecule has 8 heteroatoms. The number of rotatable bonds is 7. The molecule has 2 aromatic carbocycles. The minimum atomic E-state index is -1.12. The zero-order chi connectivity index (χ0) is 21.6. The van der Waals surface area contributed by atoms with Gasteiger partial charge in [0.2, 0.25) is 0 Å². The lowest BCUT2D eigenvalue weighted by atomic mass is 9.82. The molecule has 3 N–H and O–H groups in total. The second kappa shape index (κ2) is 9.47. The Balaban J connectivity index is 2.33. The van der Waals surface area contributed by atoms with Crippen molar-refractivity contribution in [2.24, 2.45) is 5.41 Å².